The minimum Gasteiger partial charge on any atom is -0.310 e. The number of rotatable bonds is 6. The summed E-state index contributed by atoms with van der Waals surface area (Å²) >= 11 is 0. The predicted molar refractivity (Wildman–Crippen MR) is 82.4 cm³/mol. The van der Waals surface area contributed by atoms with Gasteiger partial charge in [-0.2, -0.15) is 9.40 Å². The van der Waals surface area contributed by atoms with Crippen molar-refractivity contribution in [3.63, 3.8) is 0 Å². The average molecular weight is 314 g/mol. The fraction of sp³-hybridized carbons (Fsp3) is 0.786. The summed E-state index contributed by atoms with van der Waals surface area (Å²) in [7, 11) is -1.81. The Kier molecular flexibility index (Phi) is 5.40. The number of hydrogen-bond donors (Lipinski definition) is 2. The number of nitrogens with zero attached hydrogens (tertiary/aromatic N) is 2. The van der Waals surface area contributed by atoms with Gasteiger partial charge < -0.3 is 5.32 Å². The van der Waals surface area contributed by atoms with Gasteiger partial charge in [0.15, 0.2) is 5.03 Å². The SMILES string of the molecule is CC(C)NCc1cn[nH]c1S(=O)(=O)N(C)C1CCCCC1. The van der Waals surface area contributed by atoms with Crippen molar-refractivity contribution in [3.8, 4) is 0 Å². The first kappa shape index (κ1) is 16.5. The molecule has 1 aromatic rings. The van der Waals surface area contributed by atoms with E-state index in [0.717, 1.165) is 25.7 Å². The van der Waals surface area contributed by atoms with E-state index in [1.54, 1.807) is 13.2 Å². The highest BCUT2D eigenvalue weighted by molar-refractivity contribution is 7.89. The zero-order valence-electron chi connectivity index (χ0n) is 13.1. The van der Waals surface area contributed by atoms with Crippen LogP contribution < -0.4 is 5.32 Å². The Morgan fingerprint density at radius 1 is 1.38 bits per heavy atom. The van der Waals surface area contributed by atoms with Gasteiger partial charge in [0.1, 0.15) is 0 Å². The Morgan fingerprint density at radius 2 is 2.05 bits per heavy atom. The summed E-state index contributed by atoms with van der Waals surface area (Å²) in [6, 6.07) is 0.407. The van der Waals surface area contributed by atoms with Gasteiger partial charge in [0.05, 0.1) is 6.20 Å². The smallest absolute Gasteiger partial charge is 0.260 e. The number of aromatic amines is 1. The number of nitrogens with one attached hydrogen (secondary N) is 2. The van der Waals surface area contributed by atoms with Crippen LogP contribution in [0.3, 0.4) is 0 Å². The number of aromatic nitrogens is 2. The zero-order valence-corrected chi connectivity index (χ0v) is 13.9. The van der Waals surface area contributed by atoms with Gasteiger partial charge >= 0.3 is 0 Å². The molecule has 0 amide bonds. The molecule has 21 heavy (non-hydrogen) atoms. The second-order valence-corrected chi connectivity index (χ2v) is 8.01. The molecule has 7 heteroatoms. The van der Waals surface area contributed by atoms with Gasteiger partial charge in [0.2, 0.25) is 0 Å². The number of sulfonamides is 1. The Hall–Kier alpha value is -0.920. The van der Waals surface area contributed by atoms with Crippen LogP contribution in [0, 0.1) is 0 Å². The molecule has 0 atom stereocenters. The van der Waals surface area contributed by atoms with Gasteiger partial charge in [-0.15, -0.1) is 0 Å². The highest BCUT2D eigenvalue weighted by Crippen LogP contribution is 2.26. The Bertz CT molecular complexity index is 547. The van der Waals surface area contributed by atoms with E-state index in [-0.39, 0.29) is 11.1 Å². The van der Waals surface area contributed by atoms with Gasteiger partial charge in [0, 0.05) is 31.2 Å². The van der Waals surface area contributed by atoms with E-state index >= 15 is 0 Å². The average Bonchev–Trinajstić information content (AvgIpc) is 2.94. The Labute approximate surface area is 127 Å². The molecule has 1 saturated carbocycles. The van der Waals surface area contributed by atoms with Crippen LogP contribution in [0.4, 0.5) is 0 Å². The number of H-pyrrole nitrogens is 1. The monoisotopic (exact) mass is 314 g/mol. The second-order valence-electron chi connectivity index (χ2n) is 6.07. The van der Waals surface area contributed by atoms with E-state index in [0.29, 0.717) is 18.2 Å². The summed E-state index contributed by atoms with van der Waals surface area (Å²) in [6.45, 7) is 4.56. The van der Waals surface area contributed by atoms with Crippen LogP contribution in [0.2, 0.25) is 0 Å². The van der Waals surface area contributed by atoms with Crippen molar-refractivity contribution in [1.82, 2.24) is 19.8 Å². The molecule has 1 aliphatic rings. The Morgan fingerprint density at radius 3 is 2.67 bits per heavy atom. The van der Waals surface area contributed by atoms with Crippen LogP contribution in [0.25, 0.3) is 0 Å². The van der Waals surface area contributed by atoms with Crippen molar-refractivity contribution in [2.45, 2.75) is 69.6 Å². The fourth-order valence-corrected chi connectivity index (χ4v) is 4.26. The van der Waals surface area contributed by atoms with Crippen LogP contribution in [0.15, 0.2) is 11.2 Å². The minimum absolute atomic E-state index is 0.109. The third-order valence-corrected chi connectivity index (χ3v) is 6.03. The molecule has 0 bridgehead atoms. The highest BCUT2D eigenvalue weighted by atomic mass is 32.2. The lowest BCUT2D eigenvalue weighted by Gasteiger charge is -2.30. The minimum atomic E-state index is -3.50. The van der Waals surface area contributed by atoms with Gasteiger partial charge in [-0.05, 0) is 12.8 Å². The van der Waals surface area contributed by atoms with Crippen LogP contribution in [-0.4, -0.2) is 42.1 Å². The third-order valence-electron chi connectivity index (χ3n) is 4.10. The molecule has 1 fully saturated rings. The van der Waals surface area contributed by atoms with Gasteiger partial charge in [-0.1, -0.05) is 33.1 Å². The summed E-state index contributed by atoms with van der Waals surface area (Å²) in [6.07, 6.45) is 6.91. The lowest BCUT2D eigenvalue weighted by atomic mass is 9.96. The summed E-state index contributed by atoms with van der Waals surface area (Å²) in [5, 5.41) is 10.1. The maximum absolute atomic E-state index is 12.8. The maximum Gasteiger partial charge on any atom is 0.260 e. The third kappa shape index (κ3) is 3.84. The van der Waals surface area contributed by atoms with Crippen LogP contribution >= 0.6 is 0 Å². The first-order valence-electron chi connectivity index (χ1n) is 7.66. The number of hydrogen-bond acceptors (Lipinski definition) is 4. The molecule has 0 aliphatic heterocycles. The first-order chi connectivity index (χ1) is 9.93. The molecule has 0 spiro atoms. The van der Waals surface area contributed by atoms with Gasteiger partial charge in [0.25, 0.3) is 10.0 Å². The molecule has 0 aromatic carbocycles. The van der Waals surface area contributed by atoms with E-state index in [1.165, 1.54) is 10.7 Å². The molecule has 2 rings (SSSR count). The molecule has 0 unspecified atom stereocenters. The summed E-state index contributed by atoms with van der Waals surface area (Å²) < 4.78 is 27.1. The quantitative estimate of drug-likeness (QED) is 0.840. The standard InChI is InChI=1S/C14H26N4O2S/c1-11(2)15-9-12-10-16-17-14(12)21(19,20)18(3)13-7-5-4-6-8-13/h10-11,13,15H,4-9H2,1-3H3,(H,16,17). The molecule has 2 N–H and O–H groups in total. The van der Waals surface area contributed by atoms with Gasteiger partial charge in [-0.25, -0.2) is 8.42 Å². The Balaban J connectivity index is 2.17. The molecule has 6 nitrogen and oxygen atoms in total. The van der Waals surface area contributed by atoms with Crippen molar-refractivity contribution in [1.29, 1.82) is 0 Å². The molecule has 0 radical (unpaired) electrons. The van der Waals surface area contributed by atoms with Crippen molar-refractivity contribution in [2.24, 2.45) is 0 Å². The van der Waals surface area contributed by atoms with Crippen molar-refractivity contribution in [3.05, 3.63) is 11.8 Å². The van der Waals surface area contributed by atoms with Crippen molar-refractivity contribution in [2.75, 3.05) is 7.05 Å². The van der Waals surface area contributed by atoms with Gasteiger partial charge in [-0.3, -0.25) is 5.10 Å². The summed E-state index contributed by atoms with van der Waals surface area (Å²) in [5.74, 6) is 0. The summed E-state index contributed by atoms with van der Waals surface area (Å²) in [5.41, 5.74) is 0.700. The maximum atomic E-state index is 12.8. The lowest BCUT2D eigenvalue weighted by molar-refractivity contribution is 0.285. The van der Waals surface area contributed by atoms with E-state index < -0.39 is 10.0 Å². The lowest BCUT2D eigenvalue weighted by Crippen LogP contribution is -2.39. The zero-order chi connectivity index (χ0) is 15.5. The molecular weight excluding hydrogens is 288 g/mol. The van der Waals surface area contributed by atoms with E-state index in [1.807, 2.05) is 13.8 Å². The first-order valence-corrected chi connectivity index (χ1v) is 9.10. The second kappa shape index (κ2) is 6.89. The topological polar surface area (TPSA) is 78.1 Å². The molecule has 1 aliphatic carbocycles. The van der Waals surface area contributed by atoms with E-state index in [2.05, 4.69) is 15.5 Å². The van der Waals surface area contributed by atoms with Crippen LogP contribution in [0.1, 0.15) is 51.5 Å². The van der Waals surface area contributed by atoms with Crippen molar-refractivity contribution >= 4 is 10.0 Å². The molecule has 120 valence electrons. The summed E-state index contributed by atoms with van der Waals surface area (Å²) in [4.78, 5) is 0. The van der Waals surface area contributed by atoms with Crippen LogP contribution in [0.5, 0.6) is 0 Å². The van der Waals surface area contributed by atoms with E-state index in [4.69, 9.17) is 0 Å². The fourth-order valence-electron chi connectivity index (χ4n) is 2.75. The van der Waals surface area contributed by atoms with Crippen LogP contribution in [-0.2, 0) is 16.6 Å². The molecule has 1 heterocycles. The molecular formula is C14H26N4O2S. The van der Waals surface area contributed by atoms with Crippen molar-refractivity contribution < 1.29 is 8.42 Å². The molecule has 1 aromatic heterocycles. The largest absolute Gasteiger partial charge is 0.310 e. The molecule has 0 saturated heterocycles. The predicted octanol–water partition coefficient (Wildman–Crippen LogP) is 1.86. The van der Waals surface area contributed by atoms with E-state index in [9.17, 15) is 8.42 Å². The highest BCUT2D eigenvalue weighted by Gasteiger charge is 2.31. The normalized spacial score (nSPS) is 17.8.